The summed E-state index contributed by atoms with van der Waals surface area (Å²) in [5.74, 6) is -3.94. The van der Waals surface area contributed by atoms with Gasteiger partial charge in [0, 0.05) is 11.1 Å². The van der Waals surface area contributed by atoms with E-state index in [2.05, 4.69) is 15.0 Å². The molecule has 0 saturated carbocycles. The smallest absolute Gasteiger partial charge is 0.351 e. The summed E-state index contributed by atoms with van der Waals surface area (Å²) in [6.07, 6.45) is -3.28. The van der Waals surface area contributed by atoms with Crippen molar-refractivity contribution in [2.45, 2.75) is 65.7 Å². The van der Waals surface area contributed by atoms with Gasteiger partial charge in [0.05, 0.1) is 17.8 Å². The van der Waals surface area contributed by atoms with E-state index in [1.165, 1.54) is 12.3 Å². The molecule has 0 radical (unpaired) electrons. The Kier molecular flexibility index (Phi) is 8.83. The first-order chi connectivity index (χ1) is 16.3. The van der Waals surface area contributed by atoms with Crippen molar-refractivity contribution in [1.29, 1.82) is 0 Å². The molecule has 4 atom stereocenters. The number of hydrogen-bond acceptors (Lipinski definition) is 11. The van der Waals surface area contributed by atoms with Gasteiger partial charge in [0.25, 0.3) is 0 Å². The fraction of sp³-hybridized carbons (Fsp3) is 0.667. The molecule has 1 saturated heterocycles. The van der Waals surface area contributed by atoms with E-state index < -0.39 is 72.1 Å². The van der Waals surface area contributed by atoms with E-state index in [-0.39, 0.29) is 5.82 Å². The molecule has 14 heteroatoms. The average Bonchev–Trinajstić information content (AvgIpc) is 3.05. The predicted octanol–water partition coefficient (Wildman–Crippen LogP) is 1.70. The van der Waals surface area contributed by atoms with Crippen LogP contribution >= 0.6 is 0 Å². The van der Waals surface area contributed by atoms with Gasteiger partial charge in [-0.15, -0.1) is 0 Å². The van der Waals surface area contributed by atoms with Crippen molar-refractivity contribution in [3.63, 3.8) is 0 Å². The van der Waals surface area contributed by atoms with E-state index in [0.29, 0.717) is 0 Å². The predicted molar refractivity (Wildman–Crippen MR) is 120 cm³/mol. The van der Waals surface area contributed by atoms with Gasteiger partial charge >= 0.3 is 23.6 Å². The molecule has 192 valence electrons. The number of carbonyl (C=O) groups excluding carboxylic acids is 3. The van der Waals surface area contributed by atoms with Crippen LogP contribution < -0.4 is 11.4 Å². The summed E-state index contributed by atoms with van der Waals surface area (Å²) < 4.78 is 23.3. The Morgan fingerprint density at radius 1 is 1.14 bits per heavy atom. The van der Waals surface area contributed by atoms with E-state index >= 15 is 0 Å². The third kappa shape index (κ3) is 6.28. The van der Waals surface area contributed by atoms with E-state index in [9.17, 15) is 24.7 Å². The van der Waals surface area contributed by atoms with Crippen LogP contribution in [0.15, 0.2) is 22.2 Å². The van der Waals surface area contributed by atoms with E-state index in [1.54, 1.807) is 41.5 Å². The molecule has 0 aliphatic carbocycles. The van der Waals surface area contributed by atoms with Gasteiger partial charge in [-0.1, -0.05) is 46.7 Å². The highest BCUT2D eigenvalue weighted by atomic mass is 16.7. The summed E-state index contributed by atoms with van der Waals surface area (Å²) in [5, 5.41) is 3.66. The van der Waals surface area contributed by atoms with Crippen molar-refractivity contribution in [2.24, 2.45) is 22.9 Å². The molecule has 35 heavy (non-hydrogen) atoms. The van der Waals surface area contributed by atoms with Crippen LogP contribution in [0.2, 0.25) is 0 Å². The second-order valence-corrected chi connectivity index (χ2v) is 8.92. The molecule has 14 nitrogen and oxygen atoms in total. The SMILES string of the molecule is CC(C)C(=O)OC[C@@]1(N=[N+]=[N-])OC(n2ccc(N)nc2=O)C(OC(=O)C(C)C)C1OC(=O)C(C)C. The summed E-state index contributed by atoms with van der Waals surface area (Å²) in [4.78, 5) is 56.4. The molecular weight excluding hydrogens is 464 g/mol. The van der Waals surface area contributed by atoms with Gasteiger partial charge in [-0.05, 0) is 11.6 Å². The molecule has 1 aromatic rings. The Labute approximate surface area is 201 Å². The van der Waals surface area contributed by atoms with Gasteiger partial charge < -0.3 is 24.7 Å². The third-order valence-electron chi connectivity index (χ3n) is 5.02. The fourth-order valence-electron chi connectivity index (χ4n) is 3.04. The molecule has 2 N–H and O–H groups in total. The first-order valence-corrected chi connectivity index (χ1v) is 11.0. The summed E-state index contributed by atoms with van der Waals surface area (Å²) in [6.45, 7) is 8.76. The number of nitrogen functional groups attached to an aromatic ring is 1. The zero-order chi connectivity index (χ0) is 26.5. The van der Waals surface area contributed by atoms with Crippen molar-refractivity contribution >= 4 is 23.7 Å². The zero-order valence-electron chi connectivity index (χ0n) is 20.4. The quantitative estimate of drug-likeness (QED) is 0.173. The maximum atomic E-state index is 12.6. The lowest BCUT2D eigenvalue weighted by Crippen LogP contribution is -2.50. The standard InChI is InChI=1S/C21H30N6O8/c1-10(2)17(28)32-9-21(25-26-23)15(34-19(30)12(5)6)14(33-18(29)11(3)4)16(35-21)27-8-7-13(22)24-20(27)31/h7-8,10-12,14-16H,9H2,1-6H3,(H2,22,24,31)/t14?,15?,16?,21-/m1/s1. The third-order valence-corrected chi connectivity index (χ3v) is 5.02. The van der Waals surface area contributed by atoms with Crippen molar-refractivity contribution in [2.75, 3.05) is 12.3 Å². The van der Waals surface area contributed by atoms with Gasteiger partial charge in [-0.25, -0.2) is 4.79 Å². The van der Waals surface area contributed by atoms with Crippen molar-refractivity contribution < 1.29 is 33.3 Å². The van der Waals surface area contributed by atoms with Gasteiger partial charge in [-0.2, -0.15) is 4.98 Å². The van der Waals surface area contributed by atoms with Gasteiger partial charge in [0.2, 0.25) is 5.72 Å². The molecule has 0 aromatic carbocycles. The number of nitrogens with zero attached hydrogens (tertiary/aromatic N) is 5. The minimum absolute atomic E-state index is 0.0741. The number of nitrogens with two attached hydrogens (primary N) is 1. The molecule has 2 rings (SSSR count). The van der Waals surface area contributed by atoms with Crippen LogP contribution in [0.3, 0.4) is 0 Å². The van der Waals surface area contributed by atoms with Crippen LogP contribution in [0.5, 0.6) is 0 Å². The Balaban J connectivity index is 2.69. The van der Waals surface area contributed by atoms with Crippen LogP contribution in [-0.4, -0.2) is 52.0 Å². The highest BCUT2D eigenvalue weighted by Gasteiger charge is 2.61. The minimum atomic E-state index is -2.17. The molecule has 3 unspecified atom stereocenters. The van der Waals surface area contributed by atoms with Crippen LogP contribution in [0.1, 0.15) is 47.8 Å². The Morgan fingerprint density at radius 3 is 2.23 bits per heavy atom. The lowest BCUT2D eigenvalue weighted by atomic mass is 10.0. The Morgan fingerprint density at radius 2 is 1.71 bits per heavy atom. The monoisotopic (exact) mass is 494 g/mol. The molecule has 0 spiro atoms. The van der Waals surface area contributed by atoms with E-state index in [4.69, 9.17) is 24.7 Å². The Bertz CT molecular complexity index is 1060. The minimum Gasteiger partial charge on any atom is -0.462 e. The van der Waals surface area contributed by atoms with Crippen LogP contribution in [-0.2, 0) is 33.3 Å². The highest BCUT2D eigenvalue weighted by molar-refractivity contribution is 5.73. The number of hydrogen-bond donors (Lipinski definition) is 1. The summed E-state index contributed by atoms with van der Waals surface area (Å²) in [7, 11) is 0. The number of esters is 3. The first-order valence-electron chi connectivity index (χ1n) is 11.0. The molecule has 0 amide bonds. The van der Waals surface area contributed by atoms with Crippen molar-refractivity contribution in [3.05, 3.63) is 33.2 Å². The normalized spacial score (nSPS) is 23.7. The second-order valence-electron chi connectivity index (χ2n) is 8.92. The number of ether oxygens (including phenoxy) is 4. The molecule has 0 bridgehead atoms. The summed E-state index contributed by atoms with van der Waals surface area (Å²) in [5.41, 5.74) is 11.9. The van der Waals surface area contributed by atoms with E-state index in [1.807, 2.05) is 0 Å². The fourth-order valence-corrected chi connectivity index (χ4v) is 3.04. The number of azide groups is 1. The molecule has 1 aromatic heterocycles. The Hall–Kier alpha value is -3.64. The molecule has 1 fully saturated rings. The highest BCUT2D eigenvalue weighted by Crippen LogP contribution is 2.42. The maximum Gasteiger partial charge on any atom is 0.351 e. The lowest BCUT2D eigenvalue weighted by Gasteiger charge is -2.30. The first kappa shape index (κ1) is 27.6. The number of anilines is 1. The zero-order valence-corrected chi connectivity index (χ0v) is 20.4. The number of carbonyl (C=O) groups is 3. The van der Waals surface area contributed by atoms with Crippen molar-refractivity contribution in [1.82, 2.24) is 9.55 Å². The van der Waals surface area contributed by atoms with Crippen LogP contribution in [0, 0.1) is 17.8 Å². The van der Waals surface area contributed by atoms with Crippen molar-refractivity contribution in [3.8, 4) is 0 Å². The van der Waals surface area contributed by atoms with Crippen LogP contribution in [0.4, 0.5) is 5.82 Å². The molecule has 1 aliphatic rings. The maximum absolute atomic E-state index is 12.6. The van der Waals surface area contributed by atoms with Crippen LogP contribution in [0.25, 0.3) is 10.4 Å². The van der Waals surface area contributed by atoms with Gasteiger partial charge in [0.1, 0.15) is 12.4 Å². The lowest BCUT2D eigenvalue weighted by molar-refractivity contribution is -0.182. The van der Waals surface area contributed by atoms with E-state index in [0.717, 1.165) is 4.57 Å². The van der Waals surface area contributed by atoms with Gasteiger partial charge in [0.15, 0.2) is 18.4 Å². The number of rotatable bonds is 9. The molecular formula is C21H30N6O8. The topological polar surface area (TPSA) is 198 Å². The number of aromatic nitrogens is 2. The molecule has 1 aliphatic heterocycles. The molecule has 2 heterocycles. The van der Waals surface area contributed by atoms with Gasteiger partial charge in [-0.3, -0.25) is 19.0 Å². The summed E-state index contributed by atoms with van der Waals surface area (Å²) >= 11 is 0. The summed E-state index contributed by atoms with van der Waals surface area (Å²) in [6, 6.07) is 1.30. The second kappa shape index (κ2) is 11.2. The average molecular weight is 495 g/mol. The largest absolute Gasteiger partial charge is 0.462 e.